The van der Waals surface area contributed by atoms with E-state index >= 15 is 0 Å². The number of halogens is 1. The summed E-state index contributed by atoms with van der Waals surface area (Å²) in [6.07, 6.45) is 2.53. The van der Waals surface area contributed by atoms with E-state index in [1.54, 1.807) is 0 Å². The lowest BCUT2D eigenvalue weighted by molar-refractivity contribution is 0.329. The molecule has 1 heterocycles. The van der Waals surface area contributed by atoms with Crippen LogP contribution < -0.4 is 4.90 Å². The van der Waals surface area contributed by atoms with Crippen molar-refractivity contribution < 1.29 is 4.74 Å². The second-order valence-electron chi connectivity index (χ2n) is 3.55. The number of likely N-dealkylation sites (N-methyl/N-ethyl adjacent to an activating group) is 1. The third kappa shape index (κ3) is 2.72. The molecule has 0 fully saturated rings. The molecule has 0 bridgehead atoms. The Labute approximate surface area is 97.9 Å². The van der Waals surface area contributed by atoms with E-state index in [1.165, 1.54) is 5.69 Å². The summed E-state index contributed by atoms with van der Waals surface area (Å²) in [7, 11) is 2.05. The molecule has 1 atom stereocenters. The van der Waals surface area contributed by atoms with E-state index < -0.39 is 0 Å². The van der Waals surface area contributed by atoms with Gasteiger partial charge in [-0.2, -0.15) is 0 Å². The number of hydrogen-bond acceptors (Lipinski definition) is 3. The Morgan fingerprint density at radius 2 is 2.53 bits per heavy atom. The summed E-state index contributed by atoms with van der Waals surface area (Å²) < 4.78 is 6.05. The highest BCUT2D eigenvalue weighted by atomic mass is 79.9. The molecule has 0 aromatic heterocycles. The summed E-state index contributed by atoms with van der Waals surface area (Å²) in [5.41, 5.74) is 1.17. The Balaban J connectivity index is 2.00. The zero-order valence-corrected chi connectivity index (χ0v) is 10.1. The first-order chi connectivity index (χ1) is 7.25. The van der Waals surface area contributed by atoms with Gasteiger partial charge >= 0.3 is 0 Å². The van der Waals surface area contributed by atoms with Gasteiger partial charge in [0.2, 0.25) is 0 Å². The van der Waals surface area contributed by atoms with Crippen molar-refractivity contribution in [1.29, 1.82) is 0 Å². The van der Waals surface area contributed by atoms with E-state index in [1.807, 2.05) is 12.1 Å². The maximum Gasteiger partial charge on any atom is 0.273 e. The van der Waals surface area contributed by atoms with Gasteiger partial charge in [-0.25, -0.2) is 4.99 Å². The van der Waals surface area contributed by atoms with Gasteiger partial charge in [-0.3, -0.25) is 0 Å². The topological polar surface area (TPSA) is 24.8 Å². The van der Waals surface area contributed by atoms with Gasteiger partial charge in [0, 0.05) is 23.8 Å². The van der Waals surface area contributed by atoms with Crippen LogP contribution in [0, 0.1) is 0 Å². The zero-order valence-electron chi connectivity index (χ0n) is 8.48. The number of rotatable bonds is 3. The van der Waals surface area contributed by atoms with Crippen LogP contribution in [-0.2, 0) is 4.74 Å². The molecule has 1 aromatic carbocycles. The van der Waals surface area contributed by atoms with Crippen LogP contribution in [-0.4, -0.2) is 32.6 Å². The minimum absolute atomic E-state index is 0.203. The molecule has 4 heteroatoms. The van der Waals surface area contributed by atoms with Gasteiger partial charge in [0.05, 0.1) is 0 Å². The predicted octanol–water partition coefficient (Wildman–Crippen LogP) is 2.19. The van der Waals surface area contributed by atoms with E-state index in [9.17, 15) is 0 Å². The first kappa shape index (κ1) is 10.5. The Morgan fingerprint density at radius 1 is 1.67 bits per heavy atom. The predicted molar refractivity (Wildman–Crippen MR) is 64.6 cm³/mol. The van der Waals surface area contributed by atoms with Gasteiger partial charge < -0.3 is 9.64 Å². The average molecular weight is 268 g/mol. The average Bonchev–Trinajstić information content (AvgIpc) is 2.70. The summed E-state index contributed by atoms with van der Waals surface area (Å²) in [6, 6.07) is 8.41. The van der Waals surface area contributed by atoms with E-state index in [0.29, 0.717) is 6.61 Å². The molecule has 1 aromatic rings. The fraction of sp³-hybridized carbons (Fsp3) is 0.364. The van der Waals surface area contributed by atoms with E-state index in [0.717, 1.165) is 11.0 Å². The molecule has 0 spiro atoms. The summed E-state index contributed by atoms with van der Waals surface area (Å²) in [5.74, 6) is 0. The lowest BCUT2D eigenvalue weighted by Crippen LogP contribution is -2.28. The Hall–Kier alpha value is -1.03. The molecule has 1 unspecified atom stereocenters. The molecule has 0 N–H and O–H groups in total. The highest BCUT2D eigenvalue weighted by Crippen LogP contribution is 2.19. The Morgan fingerprint density at radius 3 is 3.20 bits per heavy atom. The molecule has 0 saturated heterocycles. The fourth-order valence-electron chi connectivity index (χ4n) is 1.51. The third-order valence-electron chi connectivity index (χ3n) is 2.31. The van der Waals surface area contributed by atoms with Crippen molar-refractivity contribution in [2.45, 2.75) is 6.04 Å². The first-order valence-corrected chi connectivity index (χ1v) is 5.58. The number of ether oxygens (including phenoxy) is 1. The molecule has 2 rings (SSSR count). The van der Waals surface area contributed by atoms with Gasteiger partial charge in [-0.15, -0.1) is 0 Å². The van der Waals surface area contributed by atoms with Crippen LogP contribution in [0.15, 0.2) is 33.7 Å². The minimum Gasteiger partial charge on any atom is -0.472 e. The number of nitrogens with zero attached hydrogens (tertiary/aromatic N) is 2. The SMILES string of the molecule is CN(CC1CO[C]=N1)c1cccc(Br)c1. The fourth-order valence-corrected chi connectivity index (χ4v) is 1.90. The van der Waals surface area contributed by atoms with Crippen molar-refractivity contribution in [2.75, 3.05) is 25.1 Å². The van der Waals surface area contributed by atoms with Gasteiger partial charge in [0.25, 0.3) is 6.40 Å². The highest BCUT2D eigenvalue weighted by molar-refractivity contribution is 9.10. The lowest BCUT2D eigenvalue weighted by Gasteiger charge is -2.21. The van der Waals surface area contributed by atoms with E-state index in [4.69, 9.17) is 4.74 Å². The molecular formula is C11H12BrN2O. The highest BCUT2D eigenvalue weighted by Gasteiger charge is 2.15. The standard InChI is InChI=1S/C11H12BrN2O/c1-14(6-10-7-15-8-13-10)11-4-2-3-9(12)5-11/h2-5,10H,6-7H2,1H3. The molecule has 0 saturated carbocycles. The number of hydrogen-bond donors (Lipinski definition) is 0. The van der Waals surface area contributed by atoms with Crippen LogP contribution in [0.5, 0.6) is 0 Å². The van der Waals surface area contributed by atoms with Crippen LogP contribution in [0.3, 0.4) is 0 Å². The van der Waals surface area contributed by atoms with Gasteiger partial charge in [-0.1, -0.05) is 22.0 Å². The van der Waals surface area contributed by atoms with Gasteiger partial charge in [0.1, 0.15) is 12.6 Å². The summed E-state index contributed by atoms with van der Waals surface area (Å²) in [4.78, 5) is 6.26. The minimum atomic E-state index is 0.203. The summed E-state index contributed by atoms with van der Waals surface area (Å²) in [5, 5.41) is 0. The smallest absolute Gasteiger partial charge is 0.273 e. The zero-order chi connectivity index (χ0) is 10.7. The summed E-state index contributed by atoms with van der Waals surface area (Å²) >= 11 is 3.46. The summed E-state index contributed by atoms with van der Waals surface area (Å²) in [6.45, 7) is 1.49. The van der Waals surface area contributed by atoms with Crippen LogP contribution in [0.25, 0.3) is 0 Å². The molecule has 79 valence electrons. The molecule has 1 aliphatic rings. The Bertz CT molecular complexity index is 367. The molecule has 15 heavy (non-hydrogen) atoms. The quantitative estimate of drug-likeness (QED) is 0.839. The lowest BCUT2D eigenvalue weighted by atomic mass is 10.2. The van der Waals surface area contributed by atoms with Crippen LogP contribution in [0.2, 0.25) is 0 Å². The number of benzene rings is 1. The van der Waals surface area contributed by atoms with E-state index in [2.05, 4.69) is 51.4 Å². The number of anilines is 1. The van der Waals surface area contributed by atoms with Crippen molar-refractivity contribution in [3.63, 3.8) is 0 Å². The molecule has 3 nitrogen and oxygen atoms in total. The van der Waals surface area contributed by atoms with Crippen molar-refractivity contribution in [2.24, 2.45) is 4.99 Å². The molecule has 1 radical (unpaired) electrons. The first-order valence-electron chi connectivity index (χ1n) is 4.79. The van der Waals surface area contributed by atoms with Gasteiger partial charge in [0.15, 0.2) is 0 Å². The molecule has 1 aliphatic heterocycles. The van der Waals surface area contributed by atoms with Crippen molar-refractivity contribution in [3.8, 4) is 0 Å². The third-order valence-corrected chi connectivity index (χ3v) is 2.80. The van der Waals surface area contributed by atoms with Crippen LogP contribution in [0.1, 0.15) is 0 Å². The largest absolute Gasteiger partial charge is 0.472 e. The van der Waals surface area contributed by atoms with Crippen molar-refractivity contribution in [1.82, 2.24) is 0 Å². The maximum absolute atomic E-state index is 4.96. The number of aliphatic imine (C=N–C) groups is 1. The normalized spacial score (nSPS) is 18.9. The van der Waals surface area contributed by atoms with Crippen molar-refractivity contribution >= 4 is 28.0 Å². The second-order valence-corrected chi connectivity index (χ2v) is 4.46. The molecule has 0 amide bonds. The monoisotopic (exact) mass is 267 g/mol. The second kappa shape index (κ2) is 4.66. The molecule has 0 aliphatic carbocycles. The Kier molecular flexibility index (Phi) is 3.26. The van der Waals surface area contributed by atoms with Crippen LogP contribution >= 0.6 is 15.9 Å². The maximum atomic E-state index is 4.96. The van der Waals surface area contributed by atoms with Crippen LogP contribution in [0.4, 0.5) is 5.69 Å². The molecular weight excluding hydrogens is 256 g/mol. The van der Waals surface area contributed by atoms with E-state index in [-0.39, 0.29) is 6.04 Å². The van der Waals surface area contributed by atoms with Crippen molar-refractivity contribution in [3.05, 3.63) is 28.7 Å². The van der Waals surface area contributed by atoms with Gasteiger partial charge in [-0.05, 0) is 18.2 Å².